The summed E-state index contributed by atoms with van der Waals surface area (Å²) in [5.41, 5.74) is -2.57. The van der Waals surface area contributed by atoms with E-state index in [-0.39, 0.29) is 23.9 Å². The maximum absolute atomic E-state index is 13.3. The average Bonchev–Trinajstić information content (AvgIpc) is 2.88. The van der Waals surface area contributed by atoms with Crippen LogP contribution in [0.3, 0.4) is 0 Å². The van der Waals surface area contributed by atoms with Gasteiger partial charge in [0.15, 0.2) is 0 Å². The number of nitro groups is 1. The molecule has 2 aliphatic rings. The van der Waals surface area contributed by atoms with Crippen molar-refractivity contribution in [2.45, 2.75) is 70.4 Å². The minimum absolute atomic E-state index is 0.0556. The molecule has 0 unspecified atom stereocenters. The van der Waals surface area contributed by atoms with E-state index in [1.807, 2.05) is 26.8 Å². The Labute approximate surface area is 230 Å². The Morgan fingerprint density at radius 3 is 2.33 bits per heavy atom. The number of alkyl halides is 3. The number of anilines is 2. The molecular formula is C27H34F3N5O5. The molecule has 1 saturated carbocycles. The number of pyridine rings is 1. The summed E-state index contributed by atoms with van der Waals surface area (Å²) < 4.78 is 51.6. The first-order valence-corrected chi connectivity index (χ1v) is 13.3. The third-order valence-corrected chi connectivity index (χ3v) is 6.82. The van der Waals surface area contributed by atoms with E-state index in [0.29, 0.717) is 57.6 Å². The molecule has 1 aliphatic heterocycles. The van der Waals surface area contributed by atoms with Crippen LogP contribution < -0.4 is 15.0 Å². The zero-order valence-corrected chi connectivity index (χ0v) is 22.7. The monoisotopic (exact) mass is 565 g/mol. The molecule has 1 amide bonds. The van der Waals surface area contributed by atoms with Crippen molar-refractivity contribution in [2.24, 2.45) is 0 Å². The van der Waals surface area contributed by atoms with E-state index in [1.54, 1.807) is 17.2 Å². The number of benzene rings is 1. The van der Waals surface area contributed by atoms with Crippen molar-refractivity contribution >= 4 is 23.3 Å². The normalized spacial score (nSPS) is 20.1. The van der Waals surface area contributed by atoms with E-state index in [9.17, 15) is 28.1 Å². The first-order chi connectivity index (χ1) is 18.8. The first kappa shape index (κ1) is 29.2. The number of hydrogen-bond donors (Lipinski definition) is 1. The minimum Gasteiger partial charge on any atom is -0.490 e. The molecule has 13 heteroatoms. The van der Waals surface area contributed by atoms with Gasteiger partial charge >= 0.3 is 12.3 Å². The van der Waals surface area contributed by atoms with Gasteiger partial charge < -0.3 is 24.6 Å². The van der Waals surface area contributed by atoms with Crippen LogP contribution in [0.4, 0.5) is 35.2 Å². The van der Waals surface area contributed by atoms with Crippen molar-refractivity contribution in [1.82, 2.24) is 9.88 Å². The maximum Gasteiger partial charge on any atom is 0.423 e. The number of amides is 1. The lowest BCUT2D eigenvalue weighted by Crippen LogP contribution is -2.50. The topological polar surface area (TPSA) is 110 Å². The van der Waals surface area contributed by atoms with Crippen LogP contribution in [0.5, 0.6) is 5.75 Å². The van der Waals surface area contributed by atoms with E-state index < -0.39 is 28.0 Å². The van der Waals surface area contributed by atoms with Crippen molar-refractivity contribution < 1.29 is 32.4 Å². The Hall–Kier alpha value is -3.77. The third-order valence-electron chi connectivity index (χ3n) is 6.82. The minimum atomic E-state index is -4.82. The lowest BCUT2D eigenvalue weighted by molar-refractivity contribution is -0.388. The second-order valence-corrected chi connectivity index (χ2v) is 11.0. The van der Waals surface area contributed by atoms with Gasteiger partial charge in [-0.3, -0.25) is 10.1 Å². The second kappa shape index (κ2) is 11.8. The highest BCUT2D eigenvalue weighted by Crippen LogP contribution is 2.38. The summed E-state index contributed by atoms with van der Waals surface area (Å²) in [5, 5.41) is 14.1. The van der Waals surface area contributed by atoms with Gasteiger partial charge in [-0.2, -0.15) is 13.2 Å². The summed E-state index contributed by atoms with van der Waals surface area (Å²) >= 11 is 0. The summed E-state index contributed by atoms with van der Waals surface area (Å²) in [6.45, 7) is 7.80. The van der Waals surface area contributed by atoms with Crippen molar-refractivity contribution in [2.75, 3.05) is 36.4 Å². The predicted octanol–water partition coefficient (Wildman–Crippen LogP) is 5.87. The van der Waals surface area contributed by atoms with Gasteiger partial charge in [0.25, 0.3) is 5.69 Å². The smallest absolute Gasteiger partial charge is 0.423 e. The van der Waals surface area contributed by atoms with Crippen molar-refractivity contribution in [3.8, 4) is 5.75 Å². The molecule has 1 aliphatic carbocycles. The summed E-state index contributed by atoms with van der Waals surface area (Å²) in [5.74, 6) is 1.44. The van der Waals surface area contributed by atoms with E-state index in [0.717, 1.165) is 18.0 Å². The number of nitrogens with one attached hydrogen (secondary N) is 1. The molecule has 0 radical (unpaired) electrons. The molecule has 2 heterocycles. The fourth-order valence-electron chi connectivity index (χ4n) is 4.86. The molecule has 1 aromatic heterocycles. The SMILES string of the molecule is CC(C)(C)OC(=O)N1CCN(c2cc(OC3CCC(Nc4ccc([N+](=O)[O-])c(C(F)(F)F)c4)CC3)ccn2)CC1. The van der Waals surface area contributed by atoms with Crippen LogP contribution in [0.25, 0.3) is 0 Å². The molecular weight excluding hydrogens is 531 g/mol. The van der Waals surface area contributed by atoms with Crippen LogP contribution in [-0.4, -0.2) is 64.8 Å². The van der Waals surface area contributed by atoms with Gasteiger partial charge in [-0.05, 0) is 64.7 Å². The Kier molecular flexibility index (Phi) is 8.59. The molecule has 0 atom stereocenters. The third kappa shape index (κ3) is 7.66. The van der Waals surface area contributed by atoms with Crippen LogP contribution in [0, 0.1) is 10.1 Å². The molecule has 1 N–H and O–H groups in total. The van der Waals surface area contributed by atoms with Gasteiger partial charge in [-0.15, -0.1) is 0 Å². The Morgan fingerprint density at radius 1 is 1.05 bits per heavy atom. The number of hydrogen-bond acceptors (Lipinski definition) is 8. The van der Waals surface area contributed by atoms with Crippen LogP contribution in [0.2, 0.25) is 0 Å². The highest BCUT2D eigenvalue weighted by molar-refractivity contribution is 5.68. The predicted molar refractivity (Wildman–Crippen MR) is 143 cm³/mol. The number of aromatic nitrogens is 1. The summed E-state index contributed by atoms with van der Waals surface area (Å²) in [6.07, 6.45) is -0.768. The van der Waals surface area contributed by atoms with Crippen molar-refractivity contribution in [3.63, 3.8) is 0 Å². The van der Waals surface area contributed by atoms with Gasteiger partial charge in [-0.1, -0.05) is 0 Å². The maximum atomic E-state index is 13.3. The number of rotatable bonds is 6. The van der Waals surface area contributed by atoms with E-state index >= 15 is 0 Å². The Morgan fingerprint density at radius 2 is 1.73 bits per heavy atom. The molecule has 1 aromatic carbocycles. The van der Waals surface area contributed by atoms with E-state index in [4.69, 9.17) is 9.47 Å². The van der Waals surface area contributed by atoms with E-state index in [1.165, 1.54) is 6.07 Å². The summed E-state index contributed by atoms with van der Waals surface area (Å²) in [6, 6.07) is 6.59. The van der Waals surface area contributed by atoms with Crippen LogP contribution in [0.1, 0.15) is 52.0 Å². The van der Waals surface area contributed by atoms with E-state index in [2.05, 4.69) is 15.2 Å². The zero-order chi connectivity index (χ0) is 29.1. The molecule has 2 fully saturated rings. The molecule has 40 heavy (non-hydrogen) atoms. The molecule has 2 aromatic rings. The fourth-order valence-corrected chi connectivity index (χ4v) is 4.86. The second-order valence-electron chi connectivity index (χ2n) is 11.0. The number of ether oxygens (including phenoxy) is 2. The Balaban J connectivity index is 1.28. The first-order valence-electron chi connectivity index (χ1n) is 13.3. The number of nitro benzene ring substituents is 1. The molecule has 0 spiro atoms. The molecule has 10 nitrogen and oxygen atoms in total. The summed E-state index contributed by atoms with van der Waals surface area (Å²) in [7, 11) is 0. The van der Waals surface area contributed by atoms with Crippen LogP contribution in [0.15, 0.2) is 36.5 Å². The number of halogens is 3. The van der Waals surface area contributed by atoms with Gasteiger partial charge in [-0.25, -0.2) is 9.78 Å². The van der Waals surface area contributed by atoms with Gasteiger partial charge in [0.2, 0.25) is 0 Å². The van der Waals surface area contributed by atoms with Crippen LogP contribution in [-0.2, 0) is 10.9 Å². The number of nitrogens with zero attached hydrogens (tertiary/aromatic N) is 4. The lowest BCUT2D eigenvalue weighted by Gasteiger charge is -2.36. The molecule has 1 saturated heterocycles. The fraction of sp³-hybridized carbons (Fsp3) is 0.556. The number of carbonyl (C=O) groups is 1. The lowest BCUT2D eigenvalue weighted by atomic mass is 9.92. The highest BCUT2D eigenvalue weighted by Gasteiger charge is 2.38. The number of piperazine rings is 1. The average molecular weight is 566 g/mol. The van der Waals surface area contributed by atoms with Gasteiger partial charge in [0, 0.05) is 56.2 Å². The molecule has 4 rings (SSSR count). The largest absolute Gasteiger partial charge is 0.490 e. The Bertz CT molecular complexity index is 1200. The standard InChI is InChI=1S/C27H34F3N5O5/c1-26(2,3)40-25(36)34-14-12-33(13-15-34)24-17-21(10-11-31-24)39-20-7-4-18(5-8-20)32-19-6-9-23(35(37)38)22(16-19)27(28,29)30/h6,9-11,16-18,20,32H,4-5,7-8,12-15H2,1-3H3. The summed E-state index contributed by atoms with van der Waals surface area (Å²) in [4.78, 5) is 30.5. The van der Waals surface area contributed by atoms with Gasteiger partial charge in [0.05, 0.1) is 11.0 Å². The van der Waals surface area contributed by atoms with Crippen molar-refractivity contribution in [1.29, 1.82) is 0 Å². The number of carbonyl (C=O) groups excluding carboxylic acids is 1. The quantitative estimate of drug-likeness (QED) is 0.342. The molecule has 218 valence electrons. The highest BCUT2D eigenvalue weighted by atomic mass is 19.4. The van der Waals surface area contributed by atoms with Crippen molar-refractivity contribution in [3.05, 3.63) is 52.2 Å². The zero-order valence-electron chi connectivity index (χ0n) is 22.7. The molecule has 0 bridgehead atoms. The van der Waals surface area contributed by atoms with Crippen LogP contribution >= 0.6 is 0 Å². The van der Waals surface area contributed by atoms with Gasteiger partial charge in [0.1, 0.15) is 22.7 Å².